The lowest BCUT2D eigenvalue weighted by Gasteiger charge is -2.26. The van der Waals surface area contributed by atoms with Gasteiger partial charge in [0.25, 0.3) is 0 Å². The van der Waals surface area contributed by atoms with Crippen LogP contribution in [0.3, 0.4) is 0 Å². The van der Waals surface area contributed by atoms with Gasteiger partial charge in [0, 0.05) is 17.6 Å². The van der Waals surface area contributed by atoms with E-state index in [9.17, 15) is 13.2 Å². The van der Waals surface area contributed by atoms with E-state index >= 15 is 0 Å². The van der Waals surface area contributed by atoms with E-state index in [1.54, 1.807) is 13.2 Å². The van der Waals surface area contributed by atoms with Crippen LogP contribution in [0.25, 0.3) is 0 Å². The highest BCUT2D eigenvalue weighted by atomic mass is 79.9. The number of methoxy groups -OCH3 is 1. The number of benzene rings is 1. The highest BCUT2D eigenvalue weighted by Crippen LogP contribution is 2.37. The van der Waals surface area contributed by atoms with Crippen molar-refractivity contribution in [2.45, 2.75) is 44.5 Å². The number of alkyl halides is 3. The summed E-state index contributed by atoms with van der Waals surface area (Å²) in [7, 11) is 1.60. The van der Waals surface area contributed by atoms with Crippen LogP contribution < -0.4 is 11.3 Å². The third kappa shape index (κ3) is 5.25. The van der Waals surface area contributed by atoms with Crippen molar-refractivity contribution >= 4 is 15.9 Å². The van der Waals surface area contributed by atoms with E-state index in [1.165, 1.54) is 6.07 Å². The molecule has 1 rings (SSSR count). The van der Waals surface area contributed by atoms with Crippen molar-refractivity contribution in [3.05, 3.63) is 33.8 Å². The molecule has 1 atom stereocenters. The van der Waals surface area contributed by atoms with Gasteiger partial charge in [-0.3, -0.25) is 11.3 Å². The van der Waals surface area contributed by atoms with Gasteiger partial charge >= 0.3 is 6.18 Å². The molecule has 1 aromatic carbocycles. The van der Waals surface area contributed by atoms with E-state index in [-0.39, 0.29) is 16.1 Å². The van der Waals surface area contributed by atoms with Crippen LogP contribution in [0.5, 0.6) is 0 Å². The lowest BCUT2D eigenvalue weighted by molar-refractivity contribution is -0.138. The van der Waals surface area contributed by atoms with Crippen LogP contribution in [0.15, 0.2) is 22.7 Å². The molecule has 0 aromatic heterocycles. The molecule has 3 nitrogen and oxygen atoms in total. The number of nitrogens with two attached hydrogens (primary N) is 1. The number of halogens is 4. The number of ether oxygens (including phenoxy) is 1. The summed E-state index contributed by atoms with van der Waals surface area (Å²) in [5.74, 6) is 5.49. The maximum atomic E-state index is 12.9. The summed E-state index contributed by atoms with van der Waals surface area (Å²) in [6.45, 7) is 3.84. The summed E-state index contributed by atoms with van der Waals surface area (Å²) in [5.41, 5.74) is 2.02. The average Bonchev–Trinajstić information content (AvgIpc) is 2.39. The number of nitrogens with one attached hydrogen (secondary N) is 1. The first-order chi connectivity index (χ1) is 9.60. The largest absolute Gasteiger partial charge is 0.417 e. The van der Waals surface area contributed by atoms with Crippen molar-refractivity contribution in [2.75, 3.05) is 7.11 Å². The Labute approximate surface area is 131 Å². The highest BCUT2D eigenvalue weighted by molar-refractivity contribution is 9.10. The molecule has 0 fully saturated rings. The Balaban J connectivity index is 2.97. The molecular weight excluding hydrogens is 349 g/mol. The molecule has 0 saturated carbocycles. The zero-order chi connectivity index (χ0) is 16.3. The lowest BCUT2D eigenvalue weighted by atomic mass is 9.94. The molecule has 1 aromatic rings. The molecule has 0 amide bonds. The highest BCUT2D eigenvalue weighted by Gasteiger charge is 2.33. The Kier molecular flexibility index (Phi) is 6.22. The minimum absolute atomic E-state index is 0.0201. The predicted octanol–water partition coefficient (Wildman–Crippen LogP) is 4.18. The maximum Gasteiger partial charge on any atom is 0.417 e. The fraction of sp³-hybridized carbons (Fsp3) is 0.571. The van der Waals surface area contributed by atoms with E-state index in [0.717, 1.165) is 6.07 Å². The number of hydrogen-bond donors (Lipinski definition) is 2. The van der Waals surface area contributed by atoms with Gasteiger partial charge in [-0.2, -0.15) is 13.2 Å². The second-order valence-corrected chi connectivity index (χ2v) is 6.31. The zero-order valence-corrected chi connectivity index (χ0v) is 13.8. The normalized spacial score (nSPS) is 14.3. The van der Waals surface area contributed by atoms with E-state index in [0.29, 0.717) is 18.4 Å². The van der Waals surface area contributed by atoms with Crippen LogP contribution in [0.1, 0.15) is 43.9 Å². The summed E-state index contributed by atoms with van der Waals surface area (Å²) in [6.07, 6.45) is -3.17. The summed E-state index contributed by atoms with van der Waals surface area (Å²) in [5, 5.41) is 0. The van der Waals surface area contributed by atoms with E-state index in [2.05, 4.69) is 21.4 Å². The summed E-state index contributed by atoms with van der Waals surface area (Å²) in [4.78, 5) is 0. The molecule has 0 heterocycles. The standard InChI is InChI=1S/C14H20BrF3N2O/c1-13(2,21-3)7-6-12(20-19)9-4-5-11(15)10(8-9)14(16,17)18/h4-5,8,12,20H,6-7,19H2,1-3H3. The SMILES string of the molecule is COC(C)(C)CCC(NN)c1ccc(Br)c(C(F)(F)F)c1. The molecule has 0 bridgehead atoms. The van der Waals surface area contributed by atoms with E-state index in [4.69, 9.17) is 10.6 Å². The Bertz CT molecular complexity index is 478. The second kappa shape index (κ2) is 7.09. The monoisotopic (exact) mass is 368 g/mol. The molecule has 120 valence electrons. The van der Waals surface area contributed by atoms with Gasteiger partial charge in [0.2, 0.25) is 0 Å². The van der Waals surface area contributed by atoms with Crippen LogP contribution in [0.2, 0.25) is 0 Å². The van der Waals surface area contributed by atoms with Crippen LogP contribution >= 0.6 is 15.9 Å². The first-order valence-electron chi connectivity index (χ1n) is 6.48. The van der Waals surface area contributed by atoms with E-state index < -0.39 is 11.7 Å². The average molecular weight is 369 g/mol. The summed E-state index contributed by atoms with van der Waals surface area (Å²) >= 11 is 2.93. The second-order valence-electron chi connectivity index (χ2n) is 5.46. The molecule has 1 unspecified atom stereocenters. The Morgan fingerprint density at radius 3 is 2.43 bits per heavy atom. The van der Waals surface area contributed by atoms with E-state index in [1.807, 2.05) is 13.8 Å². The maximum absolute atomic E-state index is 12.9. The van der Waals surface area contributed by atoms with Crippen molar-refractivity contribution in [3.63, 3.8) is 0 Å². The Morgan fingerprint density at radius 1 is 1.33 bits per heavy atom. The molecule has 0 saturated heterocycles. The van der Waals surface area contributed by atoms with Gasteiger partial charge in [-0.1, -0.05) is 22.0 Å². The first-order valence-corrected chi connectivity index (χ1v) is 7.28. The van der Waals surface area contributed by atoms with Crippen LogP contribution in [-0.4, -0.2) is 12.7 Å². The number of hydrazine groups is 1. The van der Waals surface area contributed by atoms with Crippen molar-refractivity contribution < 1.29 is 17.9 Å². The Morgan fingerprint density at radius 2 is 1.95 bits per heavy atom. The molecule has 7 heteroatoms. The lowest BCUT2D eigenvalue weighted by Crippen LogP contribution is -2.31. The third-order valence-electron chi connectivity index (χ3n) is 3.49. The third-order valence-corrected chi connectivity index (χ3v) is 4.18. The van der Waals surface area contributed by atoms with Crippen molar-refractivity contribution in [1.82, 2.24) is 5.43 Å². The molecule has 3 N–H and O–H groups in total. The van der Waals surface area contributed by atoms with Gasteiger partial charge in [0.15, 0.2) is 0 Å². The molecule has 0 spiro atoms. The van der Waals surface area contributed by atoms with Gasteiger partial charge < -0.3 is 4.74 Å². The summed E-state index contributed by atoms with van der Waals surface area (Å²) < 4.78 is 44.1. The Hall–Kier alpha value is -0.630. The van der Waals surface area contributed by atoms with Gasteiger partial charge in [0.05, 0.1) is 11.2 Å². The van der Waals surface area contributed by atoms with Gasteiger partial charge in [-0.25, -0.2) is 0 Å². The van der Waals surface area contributed by atoms with Crippen molar-refractivity contribution in [1.29, 1.82) is 0 Å². The van der Waals surface area contributed by atoms with Crippen molar-refractivity contribution in [2.24, 2.45) is 5.84 Å². The van der Waals surface area contributed by atoms with Gasteiger partial charge in [0.1, 0.15) is 0 Å². The predicted molar refractivity (Wildman–Crippen MR) is 79.5 cm³/mol. The molecule has 21 heavy (non-hydrogen) atoms. The molecule has 0 radical (unpaired) electrons. The summed E-state index contributed by atoms with van der Waals surface area (Å²) in [6, 6.07) is 3.77. The van der Waals surface area contributed by atoms with Crippen LogP contribution in [0.4, 0.5) is 13.2 Å². The van der Waals surface area contributed by atoms with Crippen LogP contribution in [-0.2, 0) is 10.9 Å². The minimum Gasteiger partial charge on any atom is -0.379 e. The smallest absolute Gasteiger partial charge is 0.379 e. The van der Waals surface area contributed by atoms with Gasteiger partial charge in [-0.05, 0) is 44.4 Å². The quantitative estimate of drug-likeness (QED) is 0.584. The van der Waals surface area contributed by atoms with Gasteiger partial charge in [-0.15, -0.1) is 0 Å². The fourth-order valence-electron chi connectivity index (χ4n) is 1.92. The molecule has 0 aliphatic heterocycles. The number of rotatable bonds is 6. The molecule has 0 aliphatic carbocycles. The molecular formula is C14H20BrF3N2O. The topological polar surface area (TPSA) is 47.3 Å². The van der Waals surface area contributed by atoms with Crippen molar-refractivity contribution in [3.8, 4) is 0 Å². The minimum atomic E-state index is -4.40. The fourth-order valence-corrected chi connectivity index (χ4v) is 2.39. The number of hydrogen-bond acceptors (Lipinski definition) is 3. The van der Waals surface area contributed by atoms with Crippen LogP contribution in [0, 0.1) is 0 Å². The zero-order valence-electron chi connectivity index (χ0n) is 12.2. The molecule has 0 aliphatic rings. The first kappa shape index (κ1) is 18.4.